The molecule has 184 valence electrons. The third kappa shape index (κ3) is 21.1. The van der Waals surface area contributed by atoms with Gasteiger partial charge in [-0.15, -0.1) is 0 Å². The summed E-state index contributed by atoms with van der Waals surface area (Å²) in [5.74, 6) is 0. The first kappa shape index (κ1) is 28.5. The second-order valence-electron chi connectivity index (χ2n) is 10.1. The largest absolute Gasteiger partial charge is 0.376 e. The Morgan fingerprint density at radius 3 is 1.19 bits per heavy atom. The Morgan fingerprint density at radius 2 is 0.871 bits per heavy atom. The Labute approximate surface area is 196 Å². The van der Waals surface area contributed by atoms with E-state index in [1.54, 1.807) is 0 Å². The molecule has 0 bridgehead atoms. The van der Waals surface area contributed by atoms with Crippen molar-refractivity contribution in [2.24, 2.45) is 0 Å². The van der Waals surface area contributed by atoms with Gasteiger partial charge in [-0.2, -0.15) is 0 Å². The molecule has 0 radical (unpaired) electrons. The molecule has 0 saturated heterocycles. The number of rotatable bonds is 24. The number of hydrogen-bond donors (Lipinski definition) is 2. The molecule has 31 heavy (non-hydrogen) atoms. The first-order valence-electron chi connectivity index (χ1n) is 14.6. The molecule has 0 aliphatic carbocycles. The van der Waals surface area contributed by atoms with Crippen molar-refractivity contribution in [1.29, 1.82) is 0 Å². The smallest absolute Gasteiger partial charge is 0.0765 e. The molecule has 0 aromatic rings. The van der Waals surface area contributed by atoms with Gasteiger partial charge in [-0.3, -0.25) is 5.32 Å². The zero-order chi connectivity index (χ0) is 22.1. The van der Waals surface area contributed by atoms with E-state index in [2.05, 4.69) is 29.8 Å². The molecule has 0 fully saturated rings. The van der Waals surface area contributed by atoms with Gasteiger partial charge in [0, 0.05) is 6.54 Å². The van der Waals surface area contributed by atoms with Gasteiger partial charge >= 0.3 is 0 Å². The number of nitrogens with one attached hydrogen (secondary N) is 2. The lowest BCUT2D eigenvalue weighted by molar-refractivity contribution is 0.423. The first-order chi connectivity index (χ1) is 15.4. The van der Waals surface area contributed by atoms with Gasteiger partial charge in [0.15, 0.2) is 0 Å². The van der Waals surface area contributed by atoms with Crippen LogP contribution in [0.25, 0.3) is 0 Å². The molecule has 1 atom stereocenters. The second-order valence-corrected chi connectivity index (χ2v) is 10.1. The predicted octanol–water partition coefficient (Wildman–Crippen LogP) is 9.40. The summed E-state index contributed by atoms with van der Waals surface area (Å²) in [5.41, 5.74) is 0. The van der Waals surface area contributed by atoms with Crippen LogP contribution in [0, 0.1) is 0 Å². The fourth-order valence-corrected chi connectivity index (χ4v) is 4.83. The average Bonchev–Trinajstić information content (AvgIpc) is 2.80. The van der Waals surface area contributed by atoms with Gasteiger partial charge in [0.25, 0.3) is 0 Å². The molecule has 0 aromatic carbocycles. The zero-order valence-electron chi connectivity index (χ0n) is 21.4. The Kier molecular flexibility index (Phi) is 22.2. The minimum absolute atomic E-state index is 0.514. The van der Waals surface area contributed by atoms with E-state index in [1.165, 1.54) is 154 Å². The van der Waals surface area contributed by atoms with Crippen molar-refractivity contribution in [3.05, 3.63) is 12.3 Å². The van der Waals surface area contributed by atoms with Crippen LogP contribution in [0.15, 0.2) is 12.3 Å². The van der Waals surface area contributed by atoms with Crippen molar-refractivity contribution in [2.75, 3.05) is 6.54 Å². The van der Waals surface area contributed by atoms with Crippen molar-refractivity contribution in [3.63, 3.8) is 0 Å². The summed E-state index contributed by atoms with van der Waals surface area (Å²) < 4.78 is 0. The first-order valence-corrected chi connectivity index (χ1v) is 14.6. The van der Waals surface area contributed by atoms with Crippen LogP contribution in [-0.4, -0.2) is 12.7 Å². The maximum Gasteiger partial charge on any atom is 0.0765 e. The minimum Gasteiger partial charge on any atom is -0.376 e. The third-order valence-electron chi connectivity index (χ3n) is 6.99. The quantitative estimate of drug-likeness (QED) is 0.148. The van der Waals surface area contributed by atoms with Gasteiger partial charge in [0.05, 0.1) is 6.17 Å². The standard InChI is InChI=1S/C29H58N2/c1-2-3-4-5-6-7-8-9-10-11-12-13-14-15-16-17-18-19-20-21-22-23-24-26-29-30-27-25-28-31-29/h25,27,29-31H,2-24,26,28H2,1H3. The van der Waals surface area contributed by atoms with E-state index < -0.39 is 0 Å². The highest BCUT2D eigenvalue weighted by molar-refractivity contribution is 4.90. The fraction of sp³-hybridized carbons (Fsp3) is 0.931. The SMILES string of the molecule is CCCCCCCCCCCCCCCCCCCCCCCCCC1NC=CCN1. The van der Waals surface area contributed by atoms with E-state index >= 15 is 0 Å². The molecule has 0 saturated carbocycles. The average molecular weight is 435 g/mol. The predicted molar refractivity (Wildman–Crippen MR) is 141 cm³/mol. The minimum atomic E-state index is 0.514. The Bertz CT molecular complexity index is 366. The Balaban J connectivity index is 1.63. The molecule has 1 unspecified atom stereocenters. The van der Waals surface area contributed by atoms with E-state index in [-0.39, 0.29) is 0 Å². The van der Waals surface area contributed by atoms with Crippen molar-refractivity contribution in [2.45, 2.75) is 167 Å². The fourth-order valence-electron chi connectivity index (χ4n) is 4.83. The van der Waals surface area contributed by atoms with E-state index in [1.807, 2.05) is 0 Å². The van der Waals surface area contributed by atoms with Crippen molar-refractivity contribution in [1.82, 2.24) is 10.6 Å². The van der Waals surface area contributed by atoms with Gasteiger partial charge in [0.2, 0.25) is 0 Å². The highest BCUT2D eigenvalue weighted by Crippen LogP contribution is 2.15. The monoisotopic (exact) mass is 434 g/mol. The molecule has 0 spiro atoms. The summed E-state index contributed by atoms with van der Waals surface area (Å²) in [6.45, 7) is 3.33. The molecule has 1 aliphatic heterocycles. The van der Waals surface area contributed by atoms with Crippen LogP contribution in [0.2, 0.25) is 0 Å². The zero-order valence-corrected chi connectivity index (χ0v) is 21.4. The number of unbranched alkanes of at least 4 members (excludes halogenated alkanes) is 22. The summed E-state index contributed by atoms with van der Waals surface area (Å²) in [4.78, 5) is 0. The van der Waals surface area contributed by atoms with Gasteiger partial charge in [0.1, 0.15) is 0 Å². The van der Waals surface area contributed by atoms with Crippen molar-refractivity contribution >= 4 is 0 Å². The lowest BCUT2D eigenvalue weighted by atomic mass is 10.0. The van der Waals surface area contributed by atoms with Crippen molar-refractivity contribution in [3.8, 4) is 0 Å². The molecule has 1 aliphatic rings. The lowest BCUT2D eigenvalue weighted by Gasteiger charge is -2.21. The number of hydrogen-bond acceptors (Lipinski definition) is 2. The van der Waals surface area contributed by atoms with Crippen LogP contribution in [0.4, 0.5) is 0 Å². The van der Waals surface area contributed by atoms with Crippen LogP contribution in [-0.2, 0) is 0 Å². The Hall–Kier alpha value is -0.500. The Morgan fingerprint density at radius 1 is 0.516 bits per heavy atom. The normalized spacial score (nSPS) is 16.0. The summed E-state index contributed by atoms with van der Waals surface area (Å²) >= 11 is 0. The van der Waals surface area contributed by atoms with Crippen LogP contribution >= 0.6 is 0 Å². The molecular formula is C29H58N2. The maximum absolute atomic E-state index is 3.49. The molecule has 2 N–H and O–H groups in total. The van der Waals surface area contributed by atoms with E-state index in [9.17, 15) is 0 Å². The summed E-state index contributed by atoms with van der Waals surface area (Å²) in [6.07, 6.45) is 39.6. The molecule has 2 nitrogen and oxygen atoms in total. The molecule has 1 rings (SSSR count). The molecule has 0 aromatic heterocycles. The van der Waals surface area contributed by atoms with E-state index in [4.69, 9.17) is 0 Å². The van der Waals surface area contributed by atoms with E-state index in [0.29, 0.717) is 6.17 Å². The van der Waals surface area contributed by atoms with Gasteiger partial charge in [-0.25, -0.2) is 0 Å². The highest BCUT2D eigenvalue weighted by atomic mass is 15.1. The molecule has 2 heteroatoms. The van der Waals surface area contributed by atoms with Crippen LogP contribution < -0.4 is 10.6 Å². The maximum atomic E-state index is 3.49. The molecular weight excluding hydrogens is 376 g/mol. The summed E-state index contributed by atoms with van der Waals surface area (Å²) in [6, 6.07) is 0. The topological polar surface area (TPSA) is 24.1 Å². The molecule has 0 amide bonds. The van der Waals surface area contributed by atoms with Gasteiger partial charge in [-0.1, -0.05) is 161 Å². The van der Waals surface area contributed by atoms with Crippen LogP contribution in [0.1, 0.15) is 161 Å². The third-order valence-corrected chi connectivity index (χ3v) is 6.99. The van der Waals surface area contributed by atoms with Crippen LogP contribution in [0.5, 0.6) is 0 Å². The summed E-state index contributed by atoms with van der Waals surface area (Å²) in [7, 11) is 0. The second kappa shape index (κ2) is 24.1. The van der Waals surface area contributed by atoms with Crippen molar-refractivity contribution < 1.29 is 0 Å². The van der Waals surface area contributed by atoms with Crippen LogP contribution in [0.3, 0.4) is 0 Å². The summed E-state index contributed by atoms with van der Waals surface area (Å²) in [5, 5.41) is 6.88. The highest BCUT2D eigenvalue weighted by Gasteiger charge is 2.06. The van der Waals surface area contributed by atoms with Gasteiger partial charge < -0.3 is 5.32 Å². The van der Waals surface area contributed by atoms with E-state index in [0.717, 1.165) is 6.54 Å². The van der Waals surface area contributed by atoms with Gasteiger partial charge in [-0.05, 0) is 12.6 Å². The molecule has 1 heterocycles. The lowest BCUT2D eigenvalue weighted by Crippen LogP contribution is -2.42.